The SMILES string of the molecule is O=C(Cn1cc(Br)cn1)NCCOc1ccccc1. The van der Waals surface area contributed by atoms with E-state index in [4.69, 9.17) is 4.74 Å². The Morgan fingerprint density at radius 3 is 2.84 bits per heavy atom. The van der Waals surface area contributed by atoms with E-state index in [0.29, 0.717) is 13.2 Å². The van der Waals surface area contributed by atoms with Crippen LogP contribution in [0, 0.1) is 0 Å². The summed E-state index contributed by atoms with van der Waals surface area (Å²) in [6, 6.07) is 9.50. The number of para-hydroxylation sites is 1. The van der Waals surface area contributed by atoms with E-state index in [2.05, 4.69) is 26.3 Å². The summed E-state index contributed by atoms with van der Waals surface area (Å²) in [5, 5.41) is 6.78. The molecule has 0 aliphatic carbocycles. The van der Waals surface area contributed by atoms with Crippen LogP contribution in [0.4, 0.5) is 0 Å². The van der Waals surface area contributed by atoms with Crippen LogP contribution in [0.25, 0.3) is 0 Å². The average Bonchev–Trinajstić information content (AvgIpc) is 2.81. The highest BCUT2D eigenvalue weighted by atomic mass is 79.9. The number of amides is 1. The first-order valence-electron chi connectivity index (χ1n) is 5.86. The van der Waals surface area contributed by atoms with Gasteiger partial charge in [0, 0.05) is 6.20 Å². The number of nitrogens with one attached hydrogen (secondary N) is 1. The largest absolute Gasteiger partial charge is 0.492 e. The Balaban J connectivity index is 1.64. The van der Waals surface area contributed by atoms with Gasteiger partial charge in [0.05, 0.1) is 17.2 Å². The molecule has 1 heterocycles. The third-order valence-electron chi connectivity index (χ3n) is 2.34. The molecule has 1 amide bonds. The highest BCUT2D eigenvalue weighted by Crippen LogP contribution is 2.07. The monoisotopic (exact) mass is 323 g/mol. The molecule has 0 radical (unpaired) electrons. The number of aromatic nitrogens is 2. The summed E-state index contributed by atoms with van der Waals surface area (Å²) in [6.07, 6.45) is 3.39. The van der Waals surface area contributed by atoms with E-state index in [1.807, 2.05) is 30.3 Å². The standard InChI is InChI=1S/C13H14BrN3O2/c14-11-8-16-17(9-11)10-13(18)15-6-7-19-12-4-2-1-3-5-12/h1-5,8-9H,6-7,10H2,(H,15,18). The summed E-state index contributed by atoms with van der Waals surface area (Å²) in [6.45, 7) is 1.12. The minimum atomic E-state index is -0.0905. The third kappa shape index (κ3) is 4.75. The van der Waals surface area contributed by atoms with Crippen LogP contribution in [0.3, 0.4) is 0 Å². The Labute approximate surface area is 119 Å². The average molecular weight is 324 g/mol. The Kier molecular flexibility index (Phi) is 4.97. The van der Waals surface area contributed by atoms with Crippen LogP contribution in [-0.2, 0) is 11.3 Å². The zero-order valence-corrected chi connectivity index (χ0v) is 11.8. The van der Waals surface area contributed by atoms with Crippen molar-refractivity contribution < 1.29 is 9.53 Å². The molecule has 0 spiro atoms. The minimum Gasteiger partial charge on any atom is -0.492 e. The number of ether oxygens (including phenoxy) is 1. The second-order valence-electron chi connectivity index (χ2n) is 3.87. The molecule has 0 saturated carbocycles. The maximum atomic E-state index is 11.6. The van der Waals surface area contributed by atoms with Crippen LogP contribution in [0.15, 0.2) is 47.2 Å². The molecule has 5 nitrogen and oxygen atoms in total. The zero-order chi connectivity index (χ0) is 13.5. The number of benzene rings is 1. The van der Waals surface area contributed by atoms with Crippen molar-refractivity contribution in [2.45, 2.75) is 6.54 Å². The Bertz CT molecular complexity index is 528. The van der Waals surface area contributed by atoms with E-state index in [1.165, 1.54) is 0 Å². The van der Waals surface area contributed by atoms with Crippen LogP contribution in [0.5, 0.6) is 5.75 Å². The smallest absolute Gasteiger partial charge is 0.241 e. The van der Waals surface area contributed by atoms with E-state index >= 15 is 0 Å². The predicted molar refractivity (Wildman–Crippen MR) is 74.9 cm³/mol. The van der Waals surface area contributed by atoms with Crippen LogP contribution in [0.2, 0.25) is 0 Å². The van der Waals surface area contributed by atoms with Crippen molar-refractivity contribution in [1.29, 1.82) is 0 Å². The third-order valence-corrected chi connectivity index (χ3v) is 2.75. The van der Waals surface area contributed by atoms with Gasteiger partial charge in [0.2, 0.25) is 5.91 Å². The summed E-state index contributed by atoms with van der Waals surface area (Å²) in [4.78, 5) is 11.6. The quantitative estimate of drug-likeness (QED) is 0.825. The lowest BCUT2D eigenvalue weighted by molar-refractivity contribution is -0.121. The van der Waals surface area contributed by atoms with Crippen LogP contribution < -0.4 is 10.1 Å². The van der Waals surface area contributed by atoms with Crippen molar-refractivity contribution in [2.24, 2.45) is 0 Å². The first-order chi connectivity index (χ1) is 9.24. The van der Waals surface area contributed by atoms with Crippen molar-refractivity contribution in [3.8, 4) is 5.75 Å². The maximum Gasteiger partial charge on any atom is 0.241 e. The van der Waals surface area contributed by atoms with Gasteiger partial charge in [-0.25, -0.2) is 0 Å². The zero-order valence-electron chi connectivity index (χ0n) is 10.3. The number of hydrogen-bond acceptors (Lipinski definition) is 3. The van der Waals surface area contributed by atoms with E-state index in [1.54, 1.807) is 17.1 Å². The number of nitrogens with zero attached hydrogens (tertiary/aromatic N) is 2. The molecule has 1 aromatic carbocycles. The molecular formula is C13H14BrN3O2. The molecule has 0 fully saturated rings. The molecule has 0 atom stereocenters. The van der Waals surface area contributed by atoms with Gasteiger partial charge in [-0.3, -0.25) is 9.48 Å². The lowest BCUT2D eigenvalue weighted by Gasteiger charge is -2.07. The minimum absolute atomic E-state index is 0.0905. The first kappa shape index (κ1) is 13.6. The molecule has 19 heavy (non-hydrogen) atoms. The summed E-state index contributed by atoms with van der Waals surface area (Å²) in [5.41, 5.74) is 0. The molecule has 1 aromatic heterocycles. The summed E-state index contributed by atoms with van der Waals surface area (Å²) in [5.74, 6) is 0.708. The van der Waals surface area contributed by atoms with Gasteiger partial charge in [-0.1, -0.05) is 18.2 Å². The van der Waals surface area contributed by atoms with Crippen molar-refractivity contribution in [3.63, 3.8) is 0 Å². The fourth-order valence-corrected chi connectivity index (χ4v) is 1.83. The molecule has 1 N–H and O–H groups in total. The van der Waals surface area contributed by atoms with E-state index in [0.717, 1.165) is 10.2 Å². The fourth-order valence-electron chi connectivity index (χ4n) is 1.50. The molecule has 2 aromatic rings. The number of carbonyl (C=O) groups is 1. The van der Waals surface area contributed by atoms with Crippen LogP contribution in [0.1, 0.15) is 0 Å². The van der Waals surface area contributed by atoms with E-state index < -0.39 is 0 Å². The molecule has 0 unspecified atom stereocenters. The molecule has 0 bridgehead atoms. The molecule has 0 aliphatic rings. The number of carbonyl (C=O) groups excluding carboxylic acids is 1. The second kappa shape index (κ2) is 6.94. The van der Waals surface area contributed by atoms with Crippen LogP contribution >= 0.6 is 15.9 Å². The summed E-state index contributed by atoms with van der Waals surface area (Å²) in [7, 11) is 0. The first-order valence-corrected chi connectivity index (χ1v) is 6.66. The van der Waals surface area contributed by atoms with Gasteiger partial charge >= 0.3 is 0 Å². The summed E-state index contributed by atoms with van der Waals surface area (Å²) >= 11 is 3.28. The topological polar surface area (TPSA) is 56.2 Å². The highest BCUT2D eigenvalue weighted by molar-refractivity contribution is 9.10. The van der Waals surface area contributed by atoms with Crippen molar-refractivity contribution in [3.05, 3.63) is 47.2 Å². The van der Waals surface area contributed by atoms with E-state index in [-0.39, 0.29) is 12.5 Å². The number of halogens is 1. The van der Waals surface area contributed by atoms with Crippen molar-refractivity contribution in [2.75, 3.05) is 13.2 Å². The van der Waals surface area contributed by atoms with Crippen molar-refractivity contribution in [1.82, 2.24) is 15.1 Å². The maximum absolute atomic E-state index is 11.6. The number of hydrogen-bond donors (Lipinski definition) is 1. The Morgan fingerprint density at radius 2 is 2.16 bits per heavy atom. The van der Waals surface area contributed by atoms with Gasteiger partial charge in [0.25, 0.3) is 0 Å². The van der Waals surface area contributed by atoms with Gasteiger partial charge in [0.15, 0.2) is 0 Å². The Hall–Kier alpha value is -1.82. The molecule has 0 saturated heterocycles. The predicted octanol–water partition coefficient (Wildman–Crippen LogP) is 1.84. The molecule has 0 aliphatic heterocycles. The van der Waals surface area contributed by atoms with Crippen molar-refractivity contribution >= 4 is 21.8 Å². The highest BCUT2D eigenvalue weighted by Gasteiger charge is 2.03. The lowest BCUT2D eigenvalue weighted by Crippen LogP contribution is -2.31. The van der Waals surface area contributed by atoms with Crippen LogP contribution in [-0.4, -0.2) is 28.8 Å². The summed E-state index contributed by atoms with van der Waals surface area (Å²) < 4.78 is 7.89. The number of rotatable bonds is 6. The molecule has 6 heteroatoms. The van der Waals surface area contributed by atoms with Gasteiger partial charge in [-0.15, -0.1) is 0 Å². The van der Waals surface area contributed by atoms with Gasteiger partial charge < -0.3 is 10.1 Å². The second-order valence-corrected chi connectivity index (χ2v) is 4.78. The molecule has 100 valence electrons. The van der Waals surface area contributed by atoms with Gasteiger partial charge in [0.1, 0.15) is 18.9 Å². The molecule has 2 rings (SSSR count). The van der Waals surface area contributed by atoms with E-state index in [9.17, 15) is 4.79 Å². The fraction of sp³-hybridized carbons (Fsp3) is 0.231. The lowest BCUT2D eigenvalue weighted by atomic mass is 10.3. The molecular weight excluding hydrogens is 310 g/mol. The Morgan fingerprint density at radius 1 is 1.37 bits per heavy atom. The normalized spacial score (nSPS) is 10.2. The van der Waals surface area contributed by atoms with Gasteiger partial charge in [-0.2, -0.15) is 5.10 Å². The van der Waals surface area contributed by atoms with Gasteiger partial charge in [-0.05, 0) is 28.1 Å².